The Bertz CT molecular complexity index is 377. The number of hydrogen-bond donors (Lipinski definition) is 3. The maximum absolute atomic E-state index is 11.0. The van der Waals surface area contributed by atoms with Gasteiger partial charge in [-0.1, -0.05) is 0 Å². The van der Waals surface area contributed by atoms with Crippen LogP contribution < -0.4 is 11.2 Å². The van der Waals surface area contributed by atoms with Gasteiger partial charge in [-0.15, -0.1) is 0 Å². The van der Waals surface area contributed by atoms with E-state index >= 15 is 0 Å². The van der Waals surface area contributed by atoms with Gasteiger partial charge in [-0.2, -0.15) is 0 Å². The van der Waals surface area contributed by atoms with E-state index in [4.69, 9.17) is 5.11 Å². The third-order valence-electron chi connectivity index (χ3n) is 1.65. The molecule has 0 spiro atoms. The molecule has 0 bridgehead atoms. The summed E-state index contributed by atoms with van der Waals surface area (Å²) in [4.78, 5) is 26.3. The Morgan fingerprint density at radius 3 is 2.58 bits per heavy atom. The Hall–Kier alpha value is -1.36. The summed E-state index contributed by atoms with van der Waals surface area (Å²) in [6.45, 7) is 1.51. The van der Waals surface area contributed by atoms with Crippen LogP contribution in [0.4, 0.5) is 0 Å². The lowest BCUT2D eigenvalue weighted by Crippen LogP contribution is -2.26. The topological polar surface area (TPSA) is 85.9 Å². The molecule has 12 heavy (non-hydrogen) atoms. The number of hydrogen-bond acceptors (Lipinski definition) is 3. The molecule has 5 heteroatoms. The van der Waals surface area contributed by atoms with Gasteiger partial charge in [0.05, 0.1) is 0 Å². The third-order valence-corrected chi connectivity index (χ3v) is 1.65. The number of H-pyrrole nitrogens is 2. The largest absolute Gasteiger partial charge is 0.396 e. The highest BCUT2D eigenvalue weighted by Crippen LogP contribution is 1.94. The van der Waals surface area contributed by atoms with Gasteiger partial charge in [0.15, 0.2) is 0 Å². The van der Waals surface area contributed by atoms with Crippen molar-refractivity contribution < 1.29 is 5.11 Å². The lowest BCUT2D eigenvalue weighted by atomic mass is 10.2. The van der Waals surface area contributed by atoms with Gasteiger partial charge in [-0.3, -0.25) is 9.78 Å². The highest BCUT2D eigenvalue weighted by Gasteiger charge is 2.02. The van der Waals surface area contributed by atoms with Crippen molar-refractivity contribution in [1.82, 2.24) is 9.97 Å². The molecule has 3 N–H and O–H groups in total. The first kappa shape index (κ1) is 8.73. The molecule has 0 aliphatic carbocycles. The van der Waals surface area contributed by atoms with E-state index in [0.717, 1.165) is 0 Å². The fraction of sp³-hybridized carbons (Fsp3) is 0.429. The lowest BCUT2D eigenvalue weighted by Gasteiger charge is -2.00. The summed E-state index contributed by atoms with van der Waals surface area (Å²) < 4.78 is 0. The summed E-state index contributed by atoms with van der Waals surface area (Å²) in [5.41, 5.74) is 0.00569. The minimum absolute atomic E-state index is 0.0831. The molecule has 0 aromatic carbocycles. The molecule has 0 aliphatic heterocycles. The standard InChI is InChI=1S/C7H10N2O3/c1-4-5(2-3-10)8-7(12)9-6(4)11/h10H,2-3H2,1H3,(H2,8,9,11,12). The van der Waals surface area contributed by atoms with Crippen molar-refractivity contribution >= 4 is 0 Å². The van der Waals surface area contributed by atoms with Gasteiger partial charge in [-0.25, -0.2) is 4.79 Å². The van der Waals surface area contributed by atoms with Gasteiger partial charge in [-0.05, 0) is 6.92 Å². The summed E-state index contributed by atoms with van der Waals surface area (Å²) >= 11 is 0. The Balaban J connectivity index is 3.28. The van der Waals surface area contributed by atoms with Crippen LogP contribution in [0.5, 0.6) is 0 Å². The van der Waals surface area contributed by atoms with Crippen molar-refractivity contribution in [3.8, 4) is 0 Å². The van der Waals surface area contributed by atoms with Crippen molar-refractivity contribution in [2.75, 3.05) is 6.61 Å². The first-order chi connectivity index (χ1) is 5.65. The minimum Gasteiger partial charge on any atom is -0.396 e. The summed E-state index contributed by atoms with van der Waals surface area (Å²) in [6.07, 6.45) is 0.297. The zero-order valence-electron chi connectivity index (χ0n) is 6.68. The van der Waals surface area contributed by atoms with E-state index in [1.807, 2.05) is 0 Å². The molecule has 0 unspecified atom stereocenters. The molecule has 0 saturated carbocycles. The van der Waals surface area contributed by atoms with E-state index in [9.17, 15) is 9.59 Å². The molecule has 5 nitrogen and oxygen atoms in total. The average molecular weight is 170 g/mol. The number of aromatic amines is 2. The van der Waals surface area contributed by atoms with E-state index in [1.54, 1.807) is 6.92 Å². The molecule has 1 heterocycles. The van der Waals surface area contributed by atoms with Crippen LogP contribution in [0.1, 0.15) is 11.3 Å². The first-order valence-corrected chi connectivity index (χ1v) is 3.58. The zero-order chi connectivity index (χ0) is 9.14. The van der Waals surface area contributed by atoms with Gasteiger partial charge in [0.25, 0.3) is 5.56 Å². The van der Waals surface area contributed by atoms with Gasteiger partial charge in [0.1, 0.15) is 0 Å². The van der Waals surface area contributed by atoms with E-state index in [-0.39, 0.29) is 6.61 Å². The Kier molecular flexibility index (Phi) is 2.44. The molecule has 0 radical (unpaired) electrons. The van der Waals surface area contributed by atoms with Crippen LogP contribution in [0.2, 0.25) is 0 Å². The number of aliphatic hydroxyl groups is 1. The van der Waals surface area contributed by atoms with Crippen molar-refractivity contribution in [2.24, 2.45) is 0 Å². The molecule has 66 valence electrons. The normalized spacial score (nSPS) is 10.2. The first-order valence-electron chi connectivity index (χ1n) is 3.58. The second-order valence-electron chi connectivity index (χ2n) is 2.49. The molecule has 0 aliphatic rings. The molecular weight excluding hydrogens is 160 g/mol. The van der Waals surface area contributed by atoms with Crippen molar-refractivity contribution in [1.29, 1.82) is 0 Å². The van der Waals surface area contributed by atoms with Crippen LogP contribution in [0.25, 0.3) is 0 Å². The maximum Gasteiger partial charge on any atom is 0.325 e. The van der Waals surface area contributed by atoms with Crippen molar-refractivity contribution in [2.45, 2.75) is 13.3 Å². The van der Waals surface area contributed by atoms with Crippen LogP contribution in [0.15, 0.2) is 9.59 Å². The van der Waals surface area contributed by atoms with Crippen LogP contribution in [0, 0.1) is 6.92 Å². The molecule has 0 amide bonds. The number of nitrogens with one attached hydrogen (secondary N) is 2. The predicted octanol–water partition coefficient (Wildman–Crippen LogP) is -1.09. The molecule has 1 rings (SSSR count). The third kappa shape index (κ3) is 1.62. The van der Waals surface area contributed by atoms with Crippen LogP contribution in [-0.2, 0) is 6.42 Å². The van der Waals surface area contributed by atoms with Crippen LogP contribution >= 0.6 is 0 Å². The Morgan fingerprint density at radius 1 is 1.33 bits per heavy atom. The summed E-state index contributed by atoms with van der Waals surface area (Å²) in [5, 5.41) is 8.59. The molecule has 1 aromatic heterocycles. The summed E-state index contributed by atoms with van der Waals surface area (Å²) in [5.74, 6) is 0. The van der Waals surface area contributed by atoms with Crippen LogP contribution in [0.3, 0.4) is 0 Å². The fourth-order valence-electron chi connectivity index (χ4n) is 0.958. The number of rotatable bonds is 2. The highest BCUT2D eigenvalue weighted by molar-refractivity contribution is 5.13. The maximum atomic E-state index is 11.0. The Morgan fingerprint density at radius 2 is 2.00 bits per heavy atom. The fourth-order valence-corrected chi connectivity index (χ4v) is 0.958. The molecule has 0 atom stereocenters. The monoisotopic (exact) mass is 170 g/mol. The predicted molar refractivity (Wildman–Crippen MR) is 43.2 cm³/mol. The quantitative estimate of drug-likeness (QED) is 0.527. The minimum atomic E-state index is -0.533. The van der Waals surface area contributed by atoms with Gasteiger partial charge in [0.2, 0.25) is 0 Å². The summed E-state index contributed by atoms with van der Waals surface area (Å²) in [7, 11) is 0. The zero-order valence-corrected chi connectivity index (χ0v) is 6.68. The average Bonchev–Trinajstić information content (AvgIpc) is 2.00. The van der Waals surface area contributed by atoms with Crippen molar-refractivity contribution in [3.63, 3.8) is 0 Å². The van der Waals surface area contributed by atoms with E-state index < -0.39 is 11.2 Å². The van der Waals surface area contributed by atoms with Gasteiger partial charge < -0.3 is 10.1 Å². The number of aliphatic hydroxyl groups excluding tert-OH is 1. The Labute approximate surface area is 68.1 Å². The SMILES string of the molecule is Cc1c(CCO)[nH]c(=O)[nH]c1=O. The second-order valence-corrected chi connectivity index (χ2v) is 2.49. The lowest BCUT2D eigenvalue weighted by molar-refractivity contribution is 0.297. The molecular formula is C7H10N2O3. The molecule has 0 saturated heterocycles. The summed E-state index contributed by atoms with van der Waals surface area (Å²) in [6, 6.07) is 0. The second kappa shape index (κ2) is 3.36. The van der Waals surface area contributed by atoms with E-state index in [2.05, 4.69) is 9.97 Å². The van der Waals surface area contributed by atoms with E-state index in [1.165, 1.54) is 0 Å². The highest BCUT2D eigenvalue weighted by atomic mass is 16.3. The smallest absolute Gasteiger partial charge is 0.325 e. The molecule has 1 aromatic rings. The van der Waals surface area contributed by atoms with Crippen LogP contribution in [-0.4, -0.2) is 21.7 Å². The van der Waals surface area contributed by atoms with Gasteiger partial charge in [0, 0.05) is 24.3 Å². The molecule has 0 fully saturated rings. The number of aromatic nitrogens is 2. The van der Waals surface area contributed by atoms with Gasteiger partial charge >= 0.3 is 5.69 Å². The van der Waals surface area contributed by atoms with Crippen molar-refractivity contribution in [3.05, 3.63) is 32.1 Å². The van der Waals surface area contributed by atoms with E-state index in [0.29, 0.717) is 17.7 Å².